The van der Waals surface area contributed by atoms with Crippen molar-refractivity contribution < 1.29 is 9.18 Å². The SMILES string of the molecule is CC1=C(c2ccc(C(N)=O)cc2F)SC(C)N1. The number of halogens is 1. The fourth-order valence-corrected chi connectivity index (χ4v) is 2.90. The van der Waals surface area contributed by atoms with E-state index in [1.165, 1.54) is 6.07 Å². The third-order valence-corrected chi connectivity index (χ3v) is 3.79. The topological polar surface area (TPSA) is 55.1 Å². The average molecular weight is 252 g/mol. The van der Waals surface area contributed by atoms with Crippen molar-refractivity contribution in [2.75, 3.05) is 0 Å². The lowest BCUT2D eigenvalue weighted by atomic mass is 10.1. The van der Waals surface area contributed by atoms with Crippen molar-refractivity contribution in [3.8, 4) is 0 Å². The first kappa shape index (κ1) is 12.0. The van der Waals surface area contributed by atoms with Crippen LogP contribution in [0.25, 0.3) is 4.91 Å². The Hall–Kier alpha value is -1.49. The predicted octanol–water partition coefficient (Wildman–Crippen LogP) is 2.30. The maximum absolute atomic E-state index is 13.9. The molecule has 5 heteroatoms. The number of hydrogen-bond acceptors (Lipinski definition) is 3. The average Bonchev–Trinajstić information content (AvgIpc) is 2.57. The number of benzene rings is 1. The lowest BCUT2D eigenvalue weighted by Gasteiger charge is -2.06. The highest BCUT2D eigenvalue weighted by atomic mass is 32.2. The van der Waals surface area contributed by atoms with E-state index in [0.29, 0.717) is 5.56 Å². The third-order valence-electron chi connectivity index (χ3n) is 2.55. The quantitative estimate of drug-likeness (QED) is 0.849. The van der Waals surface area contributed by atoms with E-state index in [1.54, 1.807) is 23.9 Å². The number of carbonyl (C=O) groups is 1. The maximum atomic E-state index is 13.9. The van der Waals surface area contributed by atoms with Crippen LogP contribution in [0.2, 0.25) is 0 Å². The fourth-order valence-electron chi connectivity index (χ4n) is 1.78. The lowest BCUT2D eigenvalue weighted by Crippen LogP contribution is -2.14. The molecule has 1 atom stereocenters. The summed E-state index contributed by atoms with van der Waals surface area (Å²) in [7, 11) is 0. The highest BCUT2D eigenvalue weighted by molar-refractivity contribution is 8.09. The Labute approximate surface area is 103 Å². The van der Waals surface area contributed by atoms with E-state index in [2.05, 4.69) is 5.32 Å². The fraction of sp³-hybridized carbons (Fsp3) is 0.250. The molecule has 1 unspecified atom stereocenters. The van der Waals surface area contributed by atoms with Gasteiger partial charge in [0.15, 0.2) is 0 Å². The number of hydrogen-bond donors (Lipinski definition) is 2. The monoisotopic (exact) mass is 252 g/mol. The van der Waals surface area contributed by atoms with Gasteiger partial charge in [-0.25, -0.2) is 4.39 Å². The van der Waals surface area contributed by atoms with E-state index >= 15 is 0 Å². The summed E-state index contributed by atoms with van der Waals surface area (Å²) < 4.78 is 13.9. The molecule has 17 heavy (non-hydrogen) atoms. The lowest BCUT2D eigenvalue weighted by molar-refractivity contribution is 0.1000. The van der Waals surface area contributed by atoms with Crippen LogP contribution in [-0.2, 0) is 0 Å². The molecule has 0 saturated heterocycles. The summed E-state index contributed by atoms with van der Waals surface area (Å²) in [6.45, 7) is 3.92. The molecule has 1 aliphatic heterocycles. The van der Waals surface area contributed by atoms with Crippen molar-refractivity contribution in [3.63, 3.8) is 0 Å². The van der Waals surface area contributed by atoms with Gasteiger partial charge >= 0.3 is 0 Å². The number of primary amides is 1. The first-order valence-electron chi connectivity index (χ1n) is 5.23. The number of thioether (sulfide) groups is 1. The molecule has 1 heterocycles. The summed E-state index contributed by atoms with van der Waals surface area (Å²) in [6, 6.07) is 4.33. The molecular weight excluding hydrogens is 239 g/mol. The van der Waals surface area contributed by atoms with Gasteiger partial charge in [-0.15, -0.1) is 0 Å². The summed E-state index contributed by atoms with van der Waals surface area (Å²) in [6.07, 6.45) is 0. The van der Waals surface area contributed by atoms with Gasteiger partial charge in [0, 0.05) is 21.7 Å². The van der Waals surface area contributed by atoms with Gasteiger partial charge < -0.3 is 11.1 Å². The minimum Gasteiger partial charge on any atom is -0.376 e. The second-order valence-corrected chi connectivity index (χ2v) is 5.27. The van der Waals surface area contributed by atoms with Gasteiger partial charge in [0.2, 0.25) is 5.91 Å². The second-order valence-electron chi connectivity index (χ2n) is 3.92. The molecular formula is C12H13FN2OS. The van der Waals surface area contributed by atoms with Crippen molar-refractivity contribution in [1.82, 2.24) is 5.32 Å². The van der Waals surface area contributed by atoms with E-state index in [4.69, 9.17) is 5.73 Å². The van der Waals surface area contributed by atoms with Gasteiger partial charge in [-0.2, -0.15) is 0 Å². The van der Waals surface area contributed by atoms with Crippen LogP contribution in [0, 0.1) is 5.82 Å². The van der Waals surface area contributed by atoms with E-state index < -0.39 is 11.7 Å². The first-order chi connectivity index (χ1) is 7.99. The van der Waals surface area contributed by atoms with Crippen molar-refractivity contribution in [2.24, 2.45) is 5.73 Å². The molecule has 1 aromatic carbocycles. The maximum Gasteiger partial charge on any atom is 0.248 e. The molecule has 3 nitrogen and oxygen atoms in total. The van der Waals surface area contributed by atoms with Gasteiger partial charge in [0.25, 0.3) is 0 Å². The smallest absolute Gasteiger partial charge is 0.248 e. The summed E-state index contributed by atoms with van der Waals surface area (Å²) >= 11 is 1.57. The van der Waals surface area contributed by atoms with E-state index in [0.717, 1.165) is 10.6 Å². The molecule has 0 spiro atoms. The van der Waals surface area contributed by atoms with Crippen LogP contribution in [0.4, 0.5) is 4.39 Å². The Morgan fingerprint density at radius 1 is 1.53 bits per heavy atom. The number of carbonyl (C=O) groups excluding carboxylic acids is 1. The minimum absolute atomic E-state index is 0.188. The highest BCUT2D eigenvalue weighted by Crippen LogP contribution is 2.38. The van der Waals surface area contributed by atoms with Crippen LogP contribution >= 0.6 is 11.8 Å². The summed E-state index contributed by atoms with van der Waals surface area (Å²) in [5, 5.41) is 3.45. The third kappa shape index (κ3) is 2.29. The van der Waals surface area contributed by atoms with Crippen LogP contribution in [-0.4, -0.2) is 11.3 Å². The molecule has 3 N–H and O–H groups in total. The number of amides is 1. The Kier molecular flexibility index (Phi) is 3.11. The Morgan fingerprint density at radius 2 is 2.24 bits per heavy atom. The molecule has 1 amide bonds. The molecule has 0 saturated carbocycles. The predicted molar refractivity (Wildman–Crippen MR) is 67.7 cm³/mol. The summed E-state index contributed by atoms with van der Waals surface area (Å²) in [5.41, 5.74) is 6.75. The number of nitrogens with one attached hydrogen (secondary N) is 1. The molecule has 0 fully saturated rings. The molecule has 90 valence electrons. The number of allylic oxidation sites excluding steroid dienone is 1. The molecule has 0 aliphatic carbocycles. The first-order valence-corrected chi connectivity index (χ1v) is 6.11. The van der Waals surface area contributed by atoms with E-state index in [1.807, 2.05) is 13.8 Å². The molecule has 2 rings (SSSR count). The van der Waals surface area contributed by atoms with Crippen LogP contribution in [0.3, 0.4) is 0 Å². The van der Waals surface area contributed by atoms with Crippen LogP contribution in [0.5, 0.6) is 0 Å². The van der Waals surface area contributed by atoms with E-state index in [-0.39, 0.29) is 10.9 Å². The Morgan fingerprint density at radius 3 is 2.71 bits per heavy atom. The van der Waals surface area contributed by atoms with Gasteiger partial charge in [0.1, 0.15) is 5.82 Å². The zero-order valence-corrected chi connectivity index (χ0v) is 10.4. The molecule has 0 radical (unpaired) electrons. The van der Waals surface area contributed by atoms with Crippen LogP contribution in [0.15, 0.2) is 23.9 Å². The Balaban J connectivity index is 2.41. The van der Waals surface area contributed by atoms with Crippen LogP contribution < -0.4 is 11.1 Å². The van der Waals surface area contributed by atoms with E-state index in [9.17, 15) is 9.18 Å². The van der Waals surface area contributed by atoms with Gasteiger partial charge in [-0.3, -0.25) is 4.79 Å². The molecule has 1 aliphatic rings. The summed E-state index contributed by atoms with van der Waals surface area (Å²) in [5.74, 6) is -1.04. The largest absolute Gasteiger partial charge is 0.376 e. The molecule has 1 aromatic rings. The number of nitrogens with two attached hydrogens (primary N) is 1. The van der Waals surface area contributed by atoms with Crippen molar-refractivity contribution >= 4 is 22.6 Å². The van der Waals surface area contributed by atoms with Gasteiger partial charge in [-0.05, 0) is 26.0 Å². The van der Waals surface area contributed by atoms with Crippen molar-refractivity contribution in [3.05, 3.63) is 40.8 Å². The van der Waals surface area contributed by atoms with Crippen molar-refractivity contribution in [1.29, 1.82) is 0 Å². The highest BCUT2D eigenvalue weighted by Gasteiger charge is 2.21. The molecule has 0 bridgehead atoms. The van der Waals surface area contributed by atoms with Gasteiger partial charge in [0.05, 0.1) is 5.37 Å². The minimum atomic E-state index is -0.619. The standard InChI is InChI=1S/C12H13FN2OS/c1-6-11(17-7(2)15-6)9-4-3-8(12(14)16)5-10(9)13/h3-5,7,15H,1-2H3,(H2,14,16). The van der Waals surface area contributed by atoms with Crippen LogP contribution in [0.1, 0.15) is 29.8 Å². The normalized spacial score (nSPS) is 19.4. The Bertz CT molecular complexity index is 513. The van der Waals surface area contributed by atoms with Crippen molar-refractivity contribution in [2.45, 2.75) is 19.2 Å². The second kappa shape index (κ2) is 4.41. The number of rotatable bonds is 2. The zero-order valence-electron chi connectivity index (χ0n) is 9.58. The zero-order chi connectivity index (χ0) is 12.6. The van der Waals surface area contributed by atoms with Gasteiger partial charge in [-0.1, -0.05) is 17.8 Å². The molecule has 0 aromatic heterocycles. The summed E-state index contributed by atoms with van der Waals surface area (Å²) in [4.78, 5) is 11.8.